The van der Waals surface area contributed by atoms with E-state index in [0.717, 1.165) is 0 Å². The summed E-state index contributed by atoms with van der Waals surface area (Å²) in [5, 5.41) is 8.95. The molecule has 0 aromatic heterocycles. The summed E-state index contributed by atoms with van der Waals surface area (Å²) in [5.74, 6) is -1.82. The van der Waals surface area contributed by atoms with E-state index in [0.29, 0.717) is 11.3 Å². The summed E-state index contributed by atoms with van der Waals surface area (Å²) in [7, 11) is 0. The van der Waals surface area contributed by atoms with Crippen LogP contribution >= 0.6 is 0 Å². The van der Waals surface area contributed by atoms with Gasteiger partial charge in [0.15, 0.2) is 0 Å². The van der Waals surface area contributed by atoms with Crippen molar-refractivity contribution in [3.8, 4) is 0 Å². The van der Waals surface area contributed by atoms with Crippen molar-refractivity contribution in [1.82, 2.24) is 0 Å². The summed E-state index contributed by atoms with van der Waals surface area (Å²) in [4.78, 5) is 24.4. The first-order valence-corrected chi connectivity index (χ1v) is 6.38. The van der Waals surface area contributed by atoms with Crippen LogP contribution in [0.4, 0.5) is 10.1 Å². The summed E-state index contributed by atoms with van der Waals surface area (Å²) in [6.45, 7) is -0.413. The number of nitrogens with zero attached hydrogens (tertiary/aromatic N) is 1. The lowest BCUT2D eigenvalue weighted by molar-refractivity contribution is -0.136. The maximum Gasteiger partial charge on any atom is 0.323 e. The molecule has 5 heteroatoms. The number of halogens is 1. The van der Waals surface area contributed by atoms with E-state index in [9.17, 15) is 14.0 Å². The monoisotopic (exact) mass is 287 g/mol. The summed E-state index contributed by atoms with van der Waals surface area (Å²) in [6, 6.07) is 14.2. The van der Waals surface area contributed by atoms with Gasteiger partial charge in [-0.15, -0.1) is 0 Å². The average molecular weight is 287 g/mol. The molecular formula is C16H14FNO3. The molecule has 0 unspecified atom stereocenters. The molecule has 0 aliphatic heterocycles. The lowest BCUT2D eigenvalue weighted by atomic mass is 10.1. The first kappa shape index (κ1) is 14.7. The molecule has 0 saturated heterocycles. The highest BCUT2D eigenvalue weighted by Crippen LogP contribution is 2.15. The third kappa shape index (κ3) is 4.14. The van der Waals surface area contributed by atoms with E-state index in [4.69, 9.17) is 5.11 Å². The van der Waals surface area contributed by atoms with Gasteiger partial charge in [0, 0.05) is 5.69 Å². The number of hydrogen-bond donors (Lipinski definition) is 1. The smallest absolute Gasteiger partial charge is 0.323 e. The van der Waals surface area contributed by atoms with Crippen LogP contribution < -0.4 is 4.90 Å². The quantitative estimate of drug-likeness (QED) is 0.919. The lowest BCUT2D eigenvalue weighted by Gasteiger charge is -2.21. The average Bonchev–Trinajstić information content (AvgIpc) is 2.48. The summed E-state index contributed by atoms with van der Waals surface area (Å²) < 4.78 is 12.8. The van der Waals surface area contributed by atoms with Crippen molar-refractivity contribution in [3.63, 3.8) is 0 Å². The lowest BCUT2D eigenvalue weighted by Crippen LogP contribution is -2.36. The van der Waals surface area contributed by atoms with Gasteiger partial charge in [0.05, 0.1) is 6.42 Å². The molecule has 0 aliphatic rings. The van der Waals surface area contributed by atoms with Crippen LogP contribution in [0.3, 0.4) is 0 Å². The fourth-order valence-corrected chi connectivity index (χ4v) is 1.94. The maximum absolute atomic E-state index is 12.8. The fraction of sp³-hybridized carbons (Fsp3) is 0.125. The minimum atomic E-state index is -1.09. The molecule has 108 valence electrons. The Morgan fingerprint density at radius 2 is 1.62 bits per heavy atom. The first-order valence-electron chi connectivity index (χ1n) is 6.38. The SMILES string of the molecule is O=C(O)CN(C(=O)Cc1ccc(F)cc1)c1ccccc1. The molecule has 0 radical (unpaired) electrons. The zero-order valence-corrected chi connectivity index (χ0v) is 11.2. The third-order valence-corrected chi connectivity index (χ3v) is 2.93. The molecule has 0 heterocycles. The highest BCUT2D eigenvalue weighted by molar-refractivity contribution is 5.98. The van der Waals surface area contributed by atoms with Gasteiger partial charge >= 0.3 is 5.97 Å². The van der Waals surface area contributed by atoms with Gasteiger partial charge in [-0.2, -0.15) is 0 Å². The third-order valence-electron chi connectivity index (χ3n) is 2.93. The molecule has 0 aliphatic carbocycles. The molecule has 4 nitrogen and oxygen atoms in total. The van der Waals surface area contributed by atoms with E-state index >= 15 is 0 Å². The number of carbonyl (C=O) groups is 2. The second-order valence-electron chi connectivity index (χ2n) is 4.51. The second-order valence-corrected chi connectivity index (χ2v) is 4.51. The van der Waals surface area contributed by atoms with Crippen LogP contribution in [0.25, 0.3) is 0 Å². The van der Waals surface area contributed by atoms with Crippen LogP contribution in [0.1, 0.15) is 5.56 Å². The Morgan fingerprint density at radius 1 is 1.00 bits per heavy atom. The van der Waals surface area contributed by atoms with Crippen molar-refractivity contribution in [1.29, 1.82) is 0 Å². The molecule has 1 amide bonds. The summed E-state index contributed by atoms with van der Waals surface area (Å²) in [5.41, 5.74) is 1.15. The van der Waals surface area contributed by atoms with Crippen LogP contribution in [0, 0.1) is 5.82 Å². The number of aliphatic carboxylic acids is 1. The normalized spacial score (nSPS) is 10.1. The van der Waals surface area contributed by atoms with Gasteiger partial charge < -0.3 is 10.0 Å². The zero-order chi connectivity index (χ0) is 15.2. The van der Waals surface area contributed by atoms with E-state index in [1.807, 2.05) is 0 Å². The van der Waals surface area contributed by atoms with Crippen LogP contribution in [0.15, 0.2) is 54.6 Å². The van der Waals surface area contributed by atoms with E-state index in [-0.39, 0.29) is 18.1 Å². The van der Waals surface area contributed by atoms with Crippen molar-refractivity contribution in [2.24, 2.45) is 0 Å². The zero-order valence-electron chi connectivity index (χ0n) is 11.2. The number of benzene rings is 2. The Labute approximate surface area is 121 Å². The number of amides is 1. The number of anilines is 1. The van der Waals surface area contributed by atoms with Gasteiger partial charge in [0.25, 0.3) is 0 Å². The summed E-state index contributed by atoms with van der Waals surface area (Å²) in [6.07, 6.45) is 0.0163. The van der Waals surface area contributed by atoms with E-state index in [1.54, 1.807) is 30.3 Å². The molecule has 0 atom stereocenters. The van der Waals surface area contributed by atoms with Crippen molar-refractivity contribution in [2.75, 3.05) is 11.4 Å². The van der Waals surface area contributed by atoms with E-state index in [2.05, 4.69) is 0 Å². The van der Waals surface area contributed by atoms with Gasteiger partial charge in [-0.1, -0.05) is 30.3 Å². The number of carboxylic acids is 1. The molecule has 0 bridgehead atoms. The van der Waals surface area contributed by atoms with Crippen LogP contribution in [0.2, 0.25) is 0 Å². The van der Waals surface area contributed by atoms with E-state index < -0.39 is 12.5 Å². The molecule has 0 saturated carbocycles. The molecule has 0 spiro atoms. The maximum atomic E-state index is 12.8. The Hall–Kier alpha value is -2.69. The highest BCUT2D eigenvalue weighted by Gasteiger charge is 2.18. The Balaban J connectivity index is 2.18. The molecule has 1 N–H and O–H groups in total. The minimum Gasteiger partial charge on any atom is -0.480 e. The predicted octanol–water partition coefficient (Wildman–Crippen LogP) is 2.49. The fourth-order valence-electron chi connectivity index (χ4n) is 1.94. The standard InChI is InChI=1S/C16H14FNO3/c17-13-8-6-12(7-9-13)10-15(19)18(11-16(20)21)14-4-2-1-3-5-14/h1-9H,10-11H2,(H,20,21). The second kappa shape index (κ2) is 6.65. The number of carboxylic acid groups (broad SMARTS) is 1. The van der Waals surface area contributed by atoms with Crippen molar-refractivity contribution >= 4 is 17.6 Å². The number of carbonyl (C=O) groups excluding carboxylic acids is 1. The van der Waals surface area contributed by atoms with Gasteiger partial charge in [0.1, 0.15) is 12.4 Å². The van der Waals surface area contributed by atoms with Crippen LogP contribution in [0.5, 0.6) is 0 Å². The number of rotatable bonds is 5. The van der Waals surface area contributed by atoms with Crippen molar-refractivity contribution < 1.29 is 19.1 Å². The Morgan fingerprint density at radius 3 is 2.19 bits per heavy atom. The molecule has 2 rings (SSSR count). The molecule has 2 aromatic carbocycles. The van der Waals surface area contributed by atoms with Crippen molar-refractivity contribution in [2.45, 2.75) is 6.42 Å². The first-order chi connectivity index (χ1) is 10.1. The molecule has 0 fully saturated rings. The Bertz CT molecular complexity index is 626. The Kier molecular flexibility index (Phi) is 4.66. The number of para-hydroxylation sites is 1. The molecule has 2 aromatic rings. The van der Waals surface area contributed by atoms with Crippen molar-refractivity contribution in [3.05, 3.63) is 66.0 Å². The largest absolute Gasteiger partial charge is 0.480 e. The summed E-state index contributed by atoms with van der Waals surface area (Å²) >= 11 is 0. The van der Waals surface area contributed by atoms with Gasteiger partial charge in [0.2, 0.25) is 5.91 Å². The minimum absolute atomic E-state index is 0.0163. The molecule has 21 heavy (non-hydrogen) atoms. The van der Waals surface area contributed by atoms with Crippen LogP contribution in [-0.4, -0.2) is 23.5 Å². The van der Waals surface area contributed by atoms with Gasteiger partial charge in [-0.05, 0) is 29.8 Å². The van der Waals surface area contributed by atoms with Crippen LogP contribution in [-0.2, 0) is 16.0 Å². The topological polar surface area (TPSA) is 57.6 Å². The molecular weight excluding hydrogens is 273 g/mol. The van der Waals surface area contributed by atoms with Gasteiger partial charge in [-0.3, -0.25) is 9.59 Å². The predicted molar refractivity (Wildman–Crippen MR) is 76.5 cm³/mol. The van der Waals surface area contributed by atoms with E-state index in [1.165, 1.54) is 29.2 Å². The van der Waals surface area contributed by atoms with Gasteiger partial charge in [-0.25, -0.2) is 4.39 Å². The highest BCUT2D eigenvalue weighted by atomic mass is 19.1. The number of hydrogen-bond acceptors (Lipinski definition) is 2.